The minimum absolute atomic E-state index is 0.0207. The molecule has 1 aromatic carbocycles. The van der Waals surface area contributed by atoms with E-state index in [2.05, 4.69) is 4.98 Å². The van der Waals surface area contributed by atoms with Crippen molar-refractivity contribution in [2.24, 2.45) is 0 Å². The highest BCUT2D eigenvalue weighted by Crippen LogP contribution is 2.24. The van der Waals surface area contributed by atoms with E-state index in [-0.39, 0.29) is 11.8 Å². The van der Waals surface area contributed by atoms with Crippen LogP contribution in [0.25, 0.3) is 6.08 Å². The van der Waals surface area contributed by atoms with E-state index in [1.165, 1.54) is 6.08 Å². The van der Waals surface area contributed by atoms with Gasteiger partial charge in [-0.25, -0.2) is 0 Å². The number of nitrogens with zero attached hydrogens (tertiary/aromatic N) is 3. The topological polar surface area (TPSA) is 53.5 Å². The maximum atomic E-state index is 12.8. The zero-order chi connectivity index (χ0) is 17.6. The fourth-order valence-electron chi connectivity index (χ4n) is 3.08. The fourth-order valence-corrected chi connectivity index (χ4v) is 3.08. The molecule has 1 atom stereocenters. The summed E-state index contributed by atoms with van der Waals surface area (Å²) in [6.45, 7) is 3.01. The first kappa shape index (κ1) is 16.9. The van der Waals surface area contributed by atoms with Gasteiger partial charge in [-0.15, -0.1) is 0 Å². The lowest BCUT2D eigenvalue weighted by Crippen LogP contribution is -2.44. The molecular weight excluding hydrogens is 314 g/mol. The SMILES string of the molecule is CCN(C(=O)/C=C/c1ccccn1)[C@@H]1CCN(c2ccccc2)C1=O. The molecule has 0 saturated carbocycles. The van der Waals surface area contributed by atoms with Crippen molar-refractivity contribution in [2.75, 3.05) is 18.0 Å². The van der Waals surface area contributed by atoms with E-state index in [9.17, 15) is 9.59 Å². The average Bonchev–Trinajstić information content (AvgIpc) is 3.04. The summed E-state index contributed by atoms with van der Waals surface area (Å²) in [5.74, 6) is -0.186. The summed E-state index contributed by atoms with van der Waals surface area (Å²) in [5, 5.41) is 0. The molecule has 0 spiro atoms. The molecule has 128 valence electrons. The van der Waals surface area contributed by atoms with Gasteiger partial charge < -0.3 is 9.80 Å². The molecule has 2 aromatic rings. The zero-order valence-corrected chi connectivity index (χ0v) is 14.2. The largest absolute Gasteiger partial charge is 0.327 e. The van der Waals surface area contributed by atoms with E-state index in [4.69, 9.17) is 0 Å². The van der Waals surface area contributed by atoms with Gasteiger partial charge in [-0.2, -0.15) is 0 Å². The van der Waals surface area contributed by atoms with Crippen LogP contribution in [0, 0.1) is 0 Å². The van der Waals surface area contributed by atoms with Crippen molar-refractivity contribution in [2.45, 2.75) is 19.4 Å². The van der Waals surface area contributed by atoms with Crippen LogP contribution in [-0.2, 0) is 9.59 Å². The molecule has 5 heteroatoms. The molecule has 1 fully saturated rings. The number of carbonyl (C=O) groups is 2. The lowest BCUT2D eigenvalue weighted by molar-refractivity contribution is -0.134. The minimum Gasteiger partial charge on any atom is -0.327 e. The van der Waals surface area contributed by atoms with Gasteiger partial charge in [-0.05, 0) is 43.7 Å². The Balaban J connectivity index is 1.72. The maximum Gasteiger partial charge on any atom is 0.249 e. The first-order chi connectivity index (χ1) is 12.2. The number of likely N-dealkylation sites (N-methyl/N-ethyl adjacent to an activating group) is 1. The second-order valence-electron chi connectivity index (χ2n) is 5.84. The zero-order valence-electron chi connectivity index (χ0n) is 14.2. The quantitative estimate of drug-likeness (QED) is 0.790. The van der Waals surface area contributed by atoms with Gasteiger partial charge in [0, 0.05) is 31.0 Å². The van der Waals surface area contributed by atoms with Gasteiger partial charge in [-0.3, -0.25) is 14.6 Å². The van der Waals surface area contributed by atoms with Crippen LogP contribution in [0.15, 0.2) is 60.8 Å². The van der Waals surface area contributed by atoms with E-state index < -0.39 is 6.04 Å². The second-order valence-corrected chi connectivity index (χ2v) is 5.84. The van der Waals surface area contributed by atoms with Crippen LogP contribution in [0.5, 0.6) is 0 Å². The van der Waals surface area contributed by atoms with Gasteiger partial charge in [0.2, 0.25) is 11.8 Å². The van der Waals surface area contributed by atoms with Crippen molar-refractivity contribution in [3.63, 3.8) is 0 Å². The molecule has 3 rings (SSSR count). The third kappa shape index (κ3) is 3.76. The van der Waals surface area contributed by atoms with Crippen molar-refractivity contribution in [1.29, 1.82) is 0 Å². The summed E-state index contributed by atoms with van der Waals surface area (Å²) in [6, 6.07) is 14.7. The van der Waals surface area contributed by atoms with Gasteiger partial charge in [0.25, 0.3) is 0 Å². The lowest BCUT2D eigenvalue weighted by Gasteiger charge is -2.25. The summed E-state index contributed by atoms with van der Waals surface area (Å²) in [6.07, 6.45) is 5.49. The Bertz CT molecular complexity index is 759. The molecule has 25 heavy (non-hydrogen) atoms. The molecule has 0 bridgehead atoms. The highest BCUT2D eigenvalue weighted by Gasteiger charge is 2.37. The highest BCUT2D eigenvalue weighted by molar-refractivity contribution is 6.03. The molecule has 1 aliphatic rings. The van der Waals surface area contributed by atoms with Crippen LogP contribution in [0.4, 0.5) is 5.69 Å². The van der Waals surface area contributed by atoms with Gasteiger partial charge in [0.05, 0.1) is 5.69 Å². The minimum atomic E-state index is -0.411. The number of rotatable bonds is 5. The Hall–Kier alpha value is -2.95. The summed E-state index contributed by atoms with van der Waals surface area (Å²) in [5.41, 5.74) is 1.60. The number of benzene rings is 1. The van der Waals surface area contributed by atoms with E-state index in [0.29, 0.717) is 19.5 Å². The van der Waals surface area contributed by atoms with Gasteiger partial charge in [0.15, 0.2) is 0 Å². The molecule has 1 aromatic heterocycles. The molecule has 2 heterocycles. The van der Waals surface area contributed by atoms with Crippen LogP contribution in [0.1, 0.15) is 19.0 Å². The third-order valence-corrected chi connectivity index (χ3v) is 4.33. The number of aromatic nitrogens is 1. The van der Waals surface area contributed by atoms with Crippen LogP contribution >= 0.6 is 0 Å². The first-order valence-corrected chi connectivity index (χ1v) is 8.47. The Kier molecular flexibility index (Phi) is 5.23. The van der Waals surface area contributed by atoms with Crippen LogP contribution in [0.3, 0.4) is 0 Å². The fraction of sp³-hybridized carbons (Fsp3) is 0.250. The number of pyridine rings is 1. The number of hydrogen-bond donors (Lipinski definition) is 0. The highest BCUT2D eigenvalue weighted by atomic mass is 16.2. The summed E-state index contributed by atoms with van der Waals surface area (Å²) < 4.78 is 0. The molecule has 1 aliphatic heterocycles. The Morgan fingerprint density at radius 3 is 2.68 bits per heavy atom. The smallest absolute Gasteiger partial charge is 0.249 e. The number of hydrogen-bond acceptors (Lipinski definition) is 3. The van der Waals surface area contributed by atoms with Crippen LogP contribution < -0.4 is 4.90 Å². The molecule has 0 aliphatic carbocycles. The number of anilines is 1. The molecule has 2 amide bonds. The number of amides is 2. The van der Waals surface area contributed by atoms with Gasteiger partial charge in [-0.1, -0.05) is 24.3 Å². The normalized spacial score (nSPS) is 17.2. The van der Waals surface area contributed by atoms with E-state index in [1.807, 2.05) is 55.5 Å². The lowest BCUT2D eigenvalue weighted by atomic mass is 10.2. The Morgan fingerprint density at radius 2 is 2.00 bits per heavy atom. The van der Waals surface area contributed by atoms with Gasteiger partial charge >= 0.3 is 0 Å². The Morgan fingerprint density at radius 1 is 1.24 bits per heavy atom. The van der Waals surface area contributed by atoms with E-state index in [1.54, 1.807) is 22.1 Å². The number of para-hydroxylation sites is 1. The van der Waals surface area contributed by atoms with Crippen LogP contribution in [0.2, 0.25) is 0 Å². The molecule has 0 N–H and O–H groups in total. The summed E-state index contributed by atoms with van der Waals surface area (Å²) in [7, 11) is 0. The monoisotopic (exact) mass is 335 g/mol. The predicted molar refractivity (Wildman–Crippen MR) is 97.9 cm³/mol. The maximum absolute atomic E-state index is 12.8. The van der Waals surface area contributed by atoms with Crippen molar-refractivity contribution in [3.8, 4) is 0 Å². The van der Waals surface area contributed by atoms with Crippen LogP contribution in [-0.4, -0.2) is 40.8 Å². The predicted octanol–water partition coefficient (Wildman–Crippen LogP) is 2.75. The van der Waals surface area contributed by atoms with Crippen molar-refractivity contribution >= 4 is 23.6 Å². The average molecular weight is 335 g/mol. The summed E-state index contributed by atoms with van der Waals surface area (Å²) in [4.78, 5) is 32.9. The van der Waals surface area contributed by atoms with Gasteiger partial charge in [0.1, 0.15) is 6.04 Å². The first-order valence-electron chi connectivity index (χ1n) is 8.47. The standard InChI is InChI=1S/C20H21N3O2/c1-2-22(19(24)12-11-16-8-6-7-14-21-16)18-13-15-23(20(18)25)17-9-4-3-5-10-17/h3-12,14,18H,2,13,15H2,1H3/b12-11+/t18-/m1/s1. The molecule has 0 radical (unpaired) electrons. The van der Waals surface area contributed by atoms with E-state index in [0.717, 1.165) is 11.4 Å². The van der Waals surface area contributed by atoms with Crippen molar-refractivity contribution < 1.29 is 9.59 Å². The van der Waals surface area contributed by atoms with Crippen molar-refractivity contribution in [3.05, 3.63) is 66.5 Å². The Labute approximate surface area is 147 Å². The van der Waals surface area contributed by atoms with E-state index >= 15 is 0 Å². The third-order valence-electron chi connectivity index (χ3n) is 4.33. The second kappa shape index (κ2) is 7.75. The summed E-state index contributed by atoms with van der Waals surface area (Å²) >= 11 is 0. The number of carbonyl (C=O) groups excluding carboxylic acids is 2. The van der Waals surface area contributed by atoms with Crippen molar-refractivity contribution in [1.82, 2.24) is 9.88 Å². The molecule has 0 unspecified atom stereocenters. The molecule has 1 saturated heterocycles. The molecular formula is C20H21N3O2. The molecule has 5 nitrogen and oxygen atoms in total.